The lowest BCUT2D eigenvalue weighted by molar-refractivity contribution is 0.541. The van der Waals surface area contributed by atoms with Crippen molar-refractivity contribution in [3.63, 3.8) is 0 Å². The third-order valence-electron chi connectivity index (χ3n) is 2.86. The topological polar surface area (TPSA) is 83.2 Å². The van der Waals surface area contributed by atoms with E-state index in [2.05, 4.69) is 26.1 Å². The van der Waals surface area contributed by atoms with Crippen molar-refractivity contribution >= 4 is 11.0 Å². The predicted octanol–water partition coefficient (Wildman–Crippen LogP) is 1.64. The molecule has 6 heteroatoms. The highest BCUT2D eigenvalue weighted by atomic mass is 15.3. The largest absolute Gasteiger partial charge is 0.340 e. The second-order valence-corrected chi connectivity index (χ2v) is 4.02. The maximum absolute atomic E-state index is 8.86. The van der Waals surface area contributed by atoms with Gasteiger partial charge >= 0.3 is 0 Å². The van der Waals surface area contributed by atoms with Crippen LogP contribution in [0.15, 0.2) is 30.9 Å². The number of aromatic nitrogens is 5. The van der Waals surface area contributed by atoms with E-state index in [1.54, 1.807) is 23.1 Å². The third-order valence-corrected chi connectivity index (χ3v) is 2.86. The number of fused-ring (bicyclic) bond motifs is 1. The molecule has 2 aromatic heterocycles. The number of H-pyrrole nitrogens is 1. The molecule has 0 aliphatic carbocycles. The lowest BCUT2D eigenvalue weighted by atomic mass is 10.2. The Hall–Kier alpha value is -2.68. The van der Waals surface area contributed by atoms with Gasteiger partial charge in [-0.2, -0.15) is 10.4 Å². The molecule has 1 aromatic carbocycles. The first-order valence-corrected chi connectivity index (χ1v) is 5.52. The minimum atomic E-state index is -0.0227. The third kappa shape index (κ3) is 1.62. The first-order chi connectivity index (χ1) is 8.78. The van der Waals surface area contributed by atoms with Gasteiger partial charge in [0.05, 0.1) is 22.7 Å². The van der Waals surface area contributed by atoms with E-state index in [1.807, 2.05) is 13.0 Å². The van der Waals surface area contributed by atoms with E-state index in [1.165, 1.54) is 6.33 Å². The average Bonchev–Trinajstić information content (AvgIpc) is 3.05. The van der Waals surface area contributed by atoms with E-state index in [0.29, 0.717) is 5.56 Å². The molecule has 88 valence electrons. The van der Waals surface area contributed by atoms with Crippen molar-refractivity contribution in [1.82, 2.24) is 24.7 Å². The highest BCUT2D eigenvalue weighted by molar-refractivity contribution is 5.76. The Morgan fingerprint density at radius 3 is 3.06 bits per heavy atom. The van der Waals surface area contributed by atoms with Crippen molar-refractivity contribution in [2.45, 2.75) is 13.0 Å². The maximum Gasteiger partial charge on any atom is 0.137 e. The number of nitrogens with zero attached hydrogens (tertiary/aromatic N) is 5. The normalized spacial score (nSPS) is 12.4. The highest BCUT2D eigenvalue weighted by Crippen LogP contribution is 2.19. The molecule has 0 bridgehead atoms. The molecule has 2 heterocycles. The summed E-state index contributed by atoms with van der Waals surface area (Å²) < 4.78 is 1.73. The van der Waals surface area contributed by atoms with E-state index in [4.69, 9.17) is 5.26 Å². The molecule has 0 radical (unpaired) electrons. The summed E-state index contributed by atoms with van der Waals surface area (Å²) in [6.45, 7) is 1.98. The zero-order chi connectivity index (χ0) is 12.5. The molecule has 1 N–H and O–H groups in total. The molecule has 0 aliphatic rings. The molecule has 3 rings (SSSR count). The number of hydrogen-bond donors (Lipinski definition) is 1. The van der Waals surface area contributed by atoms with E-state index in [9.17, 15) is 0 Å². The first kappa shape index (κ1) is 10.5. The van der Waals surface area contributed by atoms with Gasteiger partial charge in [0, 0.05) is 0 Å². The van der Waals surface area contributed by atoms with Crippen LogP contribution in [0.4, 0.5) is 0 Å². The smallest absolute Gasteiger partial charge is 0.137 e. The molecule has 0 saturated heterocycles. The van der Waals surface area contributed by atoms with E-state index < -0.39 is 0 Å². The Morgan fingerprint density at radius 1 is 1.44 bits per heavy atom. The van der Waals surface area contributed by atoms with Gasteiger partial charge < -0.3 is 4.98 Å². The number of hydrogen-bond acceptors (Lipinski definition) is 4. The van der Waals surface area contributed by atoms with E-state index >= 15 is 0 Å². The number of aromatic amines is 1. The van der Waals surface area contributed by atoms with Crippen LogP contribution in [0.3, 0.4) is 0 Å². The van der Waals surface area contributed by atoms with Crippen LogP contribution in [-0.2, 0) is 0 Å². The summed E-state index contributed by atoms with van der Waals surface area (Å²) in [5.74, 6) is 0.797. The van der Waals surface area contributed by atoms with Crippen LogP contribution in [0.2, 0.25) is 0 Å². The van der Waals surface area contributed by atoms with Crippen LogP contribution in [0, 0.1) is 11.3 Å². The molecule has 18 heavy (non-hydrogen) atoms. The molecule has 0 saturated carbocycles. The summed E-state index contributed by atoms with van der Waals surface area (Å²) in [5, 5.41) is 12.9. The summed E-state index contributed by atoms with van der Waals surface area (Å²) in [6.07, 6.45) is 3.14. The summed E-state index contributed by atoms with van der Waals surface area (Å²) in [6, 6.07) is 7.47. The Kier molecular flexibility index (Phi) is 2.31. The summed E-state index contributed by atoms with van der Waals surface area (Å²) in [4.78, 5) is 11.6. The zero-order valence-corrected chi connectivity index (χ0v) is 9.70. The predicted molar refractivity (Wildman–Crippen MR) is 64.6 cm³/mol. The minimum Gasteiger partial charge on any atom is -0.340 e. The molecule has 1 atom stereocenters. The van der Waals surface area contributed by atoms with Crippen LogP contribution in [0.5, 0.6) is 0 Å². The number of nitrogens with one attached hydrogen (secondary N) is 1. The van der Waals surface area contributed by atoms with Crippen molar-refractivity contribution in [3.8, 4) is 6.07 Å². The summed E-state index contributed by atoms with van der Waals surface area (Å²) >= 11 is 0. The fourth-order valence-electron chi connectivity index (χ4n) is 1.84. The fourth-order valence-corrected chi connectivity index (χ4v) is 1.84. The molecule has 1 unspecified atom stereocenters. The van der Waals surface area contributed by atoms with Gasteiger partial charge in [-0.1, -0.05) is 0 Å². The van der Waals surface area contributed by atoms with Crippen molar-refractivity contribution in [2.75, 3.05) is 0 Å². The van der Waals surface area contributed by atoms with Gasteiger partial charge in [-0.15, -0.1) is 0 Å². The average molecular weight is 238 g/mol. The molecule has 6 nitrogen and oxygen atoms in total. The fraction of sp³-hybridized carbons (Fsp3) is 0.167. The first-order valence-electron chi connectivity index (χ1n) is 5.52. The van der Waals surface area contributed by atoms with Gasteiger partial charge in [0.25, 0.3) is 0 Å². The van der Waals surface area contributed by atoms with Crippen molar-refractivity contribution in [3.05, 3.63) is 42.2 Å². The van der Waals surface area contributed by atoms with Crippen LogP contribution in [0.1, 0.15) is 24.4 Å². The van der Waals surface area contributed by atoms with E-state index in [-0.39, 0.29) is 6.04 Å². The number of rotatable bonds is 2. The lowest BCUT2D eigenvalue weighted by Gasteiger charge is -2.06. The Morgan fingerprint density at radius 2 is 2.33 bits per heavy atom. The van der Waals surface area contributed by atoms with Crippen LogP contribution in [0.25, 0.3) is 11.0 Å². The molecule has 0 amide bonds. The molecular weight excluding hydrogens is 228 g/mol. The second kappa shape index (κ2) is 3.96. The number of nitriles is 1. The lowest BCUT2D eigenvalue weighted by Crippen LogP contribution is -2.08. The summed E-state index contributed by atoms with van der Waals surface area (Å²) in [7, 11) is 0. The van der Waals surface area contributed by atoms with Gasteiger partial charge in [-0.3, -0.25) is 0 Å². The number of imidazole rings is 1. The van der Waals surface area contributed by atoms with Crippen LogP contribution >= 0.6 is 0 Å². The van der Waals surface area contributed by atoms with Gasteiger partial charge in [-0.25, -0.2) is 14.6 Å². The van der Waals surface area contributed by atoms with Gasteiger partial charge in [-0.05, 0) is 25.1 Å². The quantitative estimate of drug-likeness (QED) is 0.735. The van der Waals surface area contributed by atoms with Gasteiger partial charge in [0.1, 0.15) is 24.5 Å². The monoisotopic (exact) mass is 238 g/mol. The van der Waals surface area contributed by atoms with Gasteiger partial charge in [0.2, 0.25) is 0 Å². The molecule has 3 aromatic rings. The van der Waals surface area contributed by atoms with Crippen LogP contribution in [-0.4, -0.2) is 24.7 Å². The zero-order valence-electron chi connectivity index (χ0n) is 9.70. The highest BCUT2D eigenvalue weighted by Gasteiger charge is 2.13. The van der Waals surface area contributed by atoms with Crippen molar-refractivity contribution in [1.29, 1.82) is 5.26 Å². The maximum atomic E-state index is 8.86. The standard InChI is InChI=1S/C12H10N6/c1-8(18-7-14-6-15-18)12-16-10-3-2-9(5-13)4-11(10)17-12/h2-4,6-8H,1H3,(H,16,17). The van der Waals surface area contributed by atoms with E-state index in [0.717, 1.165) is 16.9 Å². The second-order valence-electron chi connectivity index (χ2n) is 4.02. The molecular formula is C12H10N6. The molecule has 0 spiro atoms. The molecule has 0 fully saturated rings. The van der Waals surface area contributed by atoms with Gasteiger partial charge in [0.15, 0.2) is 0 Å². The van der Waals surface area contributed by atoms with Crippen LogP contribution < -0.4 is 0 Å². The van der Waals surface area contributed by atoms with Crippen molar-refractivity contribution < 1.29 is 0 Å². The summed E-state index contributed by atoms with van der Waals surface area (Å²) in [5.41, 5.74) is 2.32. The number of benzene rings is 1. The Labute approximate surface area is 103 Å². The van der Waals surface area contributed by atoms with Crippen molar-refractivity contribution in [2.24, 2.45) is 0 Å². The minimum absolute atomic E-state index is 0.0227. The SMILES string of the molecule is CC(c1nc2ccc(C#N)cc2[nH]1)n1cncn1. The molecule has 0 aliphatic heterocycles. The Bertz CT molecular complexity index is 719. The Balaban J connectivity index is 2.06.